The minimum atomic E-state index is -5.87. The lowest BCUT2D eigenvalue weighted by atomic mass is 9.96. The van der Waals surface area contributed by atoms with E-state index in [1.54, 1.807) is 0 Å². The number of hydrogen-bond acceptors (Lipinski definition) is 4. The summed E-state index contributed by atoms with van der Waals surface area (Å²) < 4.78 is 104. The van der Waals surface area contributed by atoms with Crippen molar-refractivity contribution in [1.82, 2.24) is 9.78 Å². The molecule has 0 amide bonds. The van der Waals surface area contributed by atoms with Crippen LogP contribution in [-0.4, -0.2) is 34.9 Å². The maximum atomic E-state index is 13.8. The van der Waals surface area contributed by atoms with E-state index >= 15 is 0 Å². The Kier molecular flexibility index (Phi) is 5.29. The van der Waals surface area contributed by atoms with Crippen molar-refractivity contribution in [1.29, 1.82) is 0 Å². The molecule has 1 aromatic carbocycles. The van der Waals surface area contributed by atoms with Crippen molar-refractivity contribution in [3.8, 4) is 11.6 Å². The van der Waals surface area contributed by atoms with E-state index in [-0.39, 0.29) is 11.6 Å². The average molecular weight is 438 g/mol. The second-order valence-electron chi connectivity index (χ2n) is 6.46. The van der Waals surface area contributed by atoms with Gasteiger partial charge in [-0.05, 0) is 18.2 Å². The van der Waals surface area contributed by atoms with Crippen LogP contribution in [0.3, 0.4) is 0 Å². The van der Waals surface area contributed by atoms with Gasteiger partial charge in [0.15, 0.2) is 5.60 Å². The molecule has 0 saturated carbocycles. The van der Waals surface area contributed by atoms with Crippen LogP contribution < -0.4 is 15.0 Å². The first-order valence-electron chi connectivity index (χ1n) is 8.28. The Morgan fingerprint density at radius 1 is 1.10 bits per heavy atom. The number of hydrogen-bond donors (Lipinski definition) is 0. The van der Waals surface area contributed by atoms with Gasteiger partial charge in [0.1, 0.15) is 24.9 Å². The molecule has 0 saturated heterocycles. The van der Waals surface area contributed by atoms with Crippen LogP contribution in [0.4, 0.5) is 30.7 Å². The Labute approximate surface area is 164 Å². The molecule has 0 spiro atoms. The molecule has 30 heavy (non-hydrogen) atoms. The fourth-order valence-electron chi connectivity index (χ4n) is 2.64. The third-order valence-corrected chi connectivity index (χ3v) is 4.27. The number of aromatic nitrogens is 2. The molecule has 0 radical (unpaired) electrons. The summed E-state index contributed by atoms with van der Waals surface area (Å²) in [5, 5.41) is 3.73. The number of benzene rings is 1. The molecule has 0 fully saturated rings. The van der Waals surface area contributed by atoms with Gasteiger partial charge in [-0.1, -0.05) is 0 Å². The fourth-order valence-corrected chi connectivity index (χ4v) is 2.64. The molecular formula is C18H13F7N2O3. The minimum absolute atomic E-state index is 0.268. The molecular weight excluding hydrogens is 425 g/mol. The fraction of sp³-hybridized carbons (Fsp3) is 0.333. The number of nitrogens with zero attached hydrogens (tertiary/aromatic N) is 2. The Morgan fingerprint density at radius 2 is 1.77 bits per heavy atom. The summed E-state index contributed by atoms with van der Waals surface area (Å²) in [5.74, 6) is -6.29. The minimum Gasteiger partial charge on any atom is -0.477 e. The van der Waals surface area contributed by atoms with Crippen molar-refractivity contribution in [2.75, 3.05) is 13.3 Å². The van der Waals surface area contributed by atoms with E-state index in [4.69, 9.17) is 9.47 Å². The first-order valence-corrected chi connectivity index (χ1v) is 8.28. The van der Waals surface area contributed by atoms with Crippen LogP contribution in [0, 0.1) is 0 Å². The van der Waals surface area contributed by atoms with E-state index in [9.17, 15) is 35.5 Å². The van der Waals surface area contributed by atoms with Crippen LogP contribution in [0.15, 0.2) is 41.2 Å². The van der Waals surface area contributed by atoms with E-state index in [1.165, 1.54) is 7.05 Å². The third-order valence-electron chi connectivity index (χ3n) is 4.27. The van der Waals surface area contributed by atoms with E-state index in [0.717, 1.165) is 29.0 Å². The SMILES string of the molecule is Cn1nc(OC2=CC(CF)(CF)Oc3ccc(C(F)(F)C(F)(F)F)cc32)ccc1=O. The quantitative estimate of drug-likeness (QED) is 0.665. The van der Waals surface area contributed by atoms with Gasteiger partial charge in [-0.3, -0.25) is 4.79 Å². The van der Waals surface area contributed by atoms with E-state index in [2.05, 4.69) is 5.10 Å². The molecule has 1 aliphatic heterocycles. The maximum Gasteiger partial charge on any atom is 0.458 e. The lowest BCUT2D eigenvalue weighted by Gasteiger charge is -2.33. The van der Waals surface area contributed by atoms with Crippen molar-refractivity contribution < 1.29 is 40.2 Å². The molecule has 5 nitrogen and oxygen atoms in total. The molecule has 0 N–H and O–H groups in total. The Hall–Kier alpha value is -3.05. The summed E-state index contributed by atoms with van der Waals surface area (Å²) in [6, 6.07) is 3.79. The predicted octanol–water partition coefficient (Wildman–Crippen LogP) is 3.92. The molecule has 0 unspecified atom stereocenters. The number of alkyl halides is 7. The standard InChI is InChI=1S/C18H13F7N2O3/c1-27-15(28)5-4-14(26-27)29-13-7-16(8-19,9-20)30-12-3-2-10(6-11(12)13)17(21,22)18(23,24)25/h2-7H,8-9H2,1H3. The highest BCUT2D eigenvalue weighted by Gasteiger charge is 2.59. The van der Waals surface area contributed by atoms with Gasteiger partial charge in [-0.25, -0.2) is 13.5 Å². The van der Waals surface area contributed by atoms with Crippen LogP contribution in [0.1, 0.15) is 11.1 Å². The van der Waals surface area contributed by atoms with Crippen LogP contribution in [0.5, 0.6) is 11.6 Å². The van der Waals surface area contributed by atoms with Gasteiger partial charge in [-0.2, -0.15) is 22.0 Å². The number of aryl methyl sites for hydroxylation is 1. The van der Waals surface area contributed by atoms with Crippen molar-refractivity contribution in [2.45, 2.75) is 17.7 Å². The van der Waals surface area contributed by atoms with Crippen LogP contribution >= 0.6 is 0 Å². The molecule has 12 heteroatoms. The highest BCUT2D eigenvalue weighted by atomic mass is 19.4. The normalized spacial score (nSPS) is 15.8. The van der Waals surface area contributed by atoms with Crippen molar-refractivity contribution in [3.63, 3.8) is 0 Å². The molecule has 0 atom stereocenters. The monoisotopic (exact) mass is 438 g/mol. The Morgan fingerprint density at radius 3 is 2.33 bits per heavy atom. The molecule has 2 heterocycles. The first-order chi connectivity index (χ1) is 13.9. The van der Waals surface area contributed by atoms with Crippen molar-refractivity contribution in [2.24, 2.45) is 7.05 Å². The van der Waals surface area contributed by atoms with Crippen LogP contribution in [0.2, 0.25) is 0 Å². The van der Waals surface area contributed by atoms with Gasteiger partial charge in [0.25, 0.3) is 5.56 Å². The van der Waals surface area contributed by atoms with Gasteiger partial charge in [-0.15, -0.1) is 5.10 Å². The average Bonchev–Trinajstić information content (AvgIpc) is 2.69. The molecule has 0 aliphatic carbocycles. The highest BCUT2D eigenvalue weighted by molar-refractivity contribution is 5.71. The van der Waals surface area contributed by atoms with E-state index in [1.807, 2.05) is 0 Å². The topological polar surface area (TPSA) is 53.4 Å². The summed E-state index contributed by atoms with van der Waals surface area (Å²) >= 11 is 0. The Balaban J connectivity index is 2.13. The zero-order valence-electron chi connectivity index (χ0n) is 15.1. The van der Waals surface area contributed by atoms with E-state index in [0.29, 0.717) is 12.1 Å². The third kappa shape index (κ3) is 3.73. The second-order valence-corrected chi connectivity index (χ2v) is 6.46. The Bertz CT molecular complexity index is 1040. The van der Waals surface area contributed by atoms with Crippen LogP contribution in [-0.2, 0) is 13.0 Å². The lowest BCUT2D eigenvalue weighted by Crippen LogP contribution is -2.42. The molecule has 1 aromatic heterocycles. The van der Waals surface area contributed by atoms with Gasteiger partial charge in [0.2, 0.25) is 5.88 Å². The molecule has 3 rings (SSSR count). The van der Waals surface area contributed by atoms with Crippen LogP contribution in [0.25, 0.3) is 5.76 Å². The lowest BCUT2D eigenvalue weighted by molar-refractivity contribution is -0.289. The van der Waals surface area contributed by atoms with Gasteiger partial charge >= 0.3 is 12.1 Å². The summed E-state index contributed by atoms with van der Waals surface area (Å²) in [4.78, 5) is 11.4. The molecule has 1 aliphatic rings. The van der Waals surface area contributed by atoms with E-state index < -0.39 is 53.5 Å². The van der Waals surface area contributed by atoms with Gasteiger partial charge in [0.05, 0.1) is 5.56 Å². The van der Waals surface area contributed by atoms with Gasteiger partial charge in [0, 0.05) is 30.8 Å². The van der Waals surface area contributed by atoms with Crippen molar-refractivity contribution in [3.05, 3.63) is 57.9 Å². The molecule has 2 aromatic rings. The zero-order valence-corrected chi connectivity index (χ0v) is 15.1. The summed E-state index contributed by atoms with van der Waals surface area (Å²) in [7, 11) is 1.27. The van der Waals surface area contributed by atoms with Gasteiger partial charge < -0.3 is 9.47 Å². The van der Waals surface area contributed by atoms with Crippen molar-refractivity contribution >= 4 is 5.76 Å². The number of fused-ring (bicyclic) bond motifs is 1. The largest absolute Gasteiger partial charge is 0.477 e. The predicted molar refractivity (Wildman–Crippen MR) is 89.8 cm³/mol. The smallest absolute Gasteiger partial charge is 0.458 e. The zero-order chi connectivity index (χ0) is 22.3. The number of ether oxygens (including phenoxy) is 2. The number of rotatable bonds is 5. The number of halogens is 7. The summed E-state index contributed by atoms with van der Waals surface area (Å²) in [5.41, 5.74) is -4.51. The first kappa shape index (κ1) is 21.7. The molecule has 162 valence electrons. The maximum absolute atomic E-state index is 13.8. The second kappa shape index (κ2) is 7.33. The summed E-state index contributed by atoms with van der Waals surface area (Å²) in [6.45, 7) is -2.76. The highest BCUT2D eigenvalue weighted by Crippen LogP contribution is 2.46. The molecule has 0 bridgehead atoms. The summed E-state index contributed by atoms with van der Waals surface area (Å²) in [6.07, 6.45) is -5.08.